The van der Waals surface area contributed by atoms with Crippen molar-refractivity contribution in [1.29, 1.82) is 0 Å². The lowest BCUT2D eigenvalue weighted by Crippen LogP contribution is -2.57. The van der Waals surface area contributed by atoms with Crippen LogP contribution < -0.4 is 5.06 Å². The molecule has 0 saturated heterocycles. The Hall–Kier alpha value is -2.08. The molecule has 0 aromatic heterocycles. The first-order valence-corrected chi connectivity index (χ1v) is 8.78. The van der Waals surface area contributed by atoms with Crippen molar-refractivity contribution in [3.63, 3.8) is 0 Å². The van der Waals surface area contributed by atoms with Crippen LogP contribution in [-0.2, 0) is 0 Å². The number of hydrogen-bond acceptors (Lipinski definition) is 4. The van der Waals surface area contributed by atoms with Crippen LogP contribution in [0, 0.1) is 11.8 Å². The number of ketones is 1. The lowest BCUT2D eigenvalue weighted by atomic mass is 9.83. The van der Waals surface area contributed by atoms with Crippen LogP contribution in [0.15, 0.2) is 24.3 Å². The van der Waals surface area contributed by atoms with Crippen LogP contribution in [0.5, 0.6) is 0 Å². The van der Waals surface area contributed by atoms with E-state index in [0.717, 1.165) is 17.9 Å². The molecule has 2 N–H and O–H groups in total. The molecule has 1 heterocycles. The molecule has 1 aromatic rings. The molecule has 1 unspecified atom stereocenters. The van der Waals surface area contributed by atoms with Gasteiger partial charge >= 0.3 is 6.09 Å². The number of para-hydroxylation sites is 1. The number of amides is 1. The number of fused-ring (bicyclic) bond motifs is 1. The van der Waals surface area contributed by atoms with Gasteiger partial charge in [-0.15, -0.1) is 0 Å². The number of rotatable bonds is 4. The zero-order valence-corrected chi connectivity index (χ0v) is 15.1. The van der Waals surface area contributed by atoms with Gasteiger partial charge in [-0.3, -0.25) is 10.0 Å². The average molecular weight is 346 g/mol. The number of hydrogen-bond donors (Lipinski definition) is 2. The zero-order valence-electron chi connectivity index (χ0n) is 15.1. The molecular formula is C19H26N2O4. The van der Waals surface area contributed by atoms with E-state index in [4.69, 9.17) is 0 Å². The van der Waals surface area contributed by atoms with Gasteiger partial charge in [0.15, 0.2) is 5.78 Å². The van der Waals surface area contributed by atoms with Crippen LogP contribution in [0.2, 0.25) is 0 Å². The van der Waals surface area contributed by atoms with Gasteiger partial charge in [0.05, 0.1) is 5.69 Å². The number of carbonyl (C=O) groups is 2. The summed E-state index contributed by atoms with van der Waals surface area (Å²) in [5.74, 6) is -0.126. The molecule has 1 saturated carbocycles. The topological polar surface area (TPSA) is 81.1 Å². The second-order valence-corrected chi connectivity index (χ2v) is 8.15. The lowest BCUT2D eigenvalue weighted by molar-refractivity contribution is 0.0340. The van der Waals surface area contributed by atoms with Crippen molar-refractivity contribution >= 4 is 17.6 Å². The molecule has 6 heteroatoms. The maximum atomic E-state index is 13.0. The smallest absolute Gasteiger partial charge is 0.407 e. The third-order valence-electron chi connectivity index (χ3n) is 5.37. The first-order valence-electron chi connectivity index (χ1n) is 8.78. The molecular weight excluding hydrogens is 320 g/mol. The van der Waals surface area contributed by atoms with Gasteiger partial charge in [-0.05, 0) is 58.6 Å². The molecule has 1 aliphatic heterocycles. The van der Waals surface area contributed by atoms with Crippen molar-refractivity contribution in [3.8, 4) is 0 Å². The van der Waals surface area contributed by atoms with Crippen LogP contribution >= 0.6 is 0 Å². The van der Waals surface area contributed by atoms with Crippen LogP contribution in [0.3, 0.4) is 0 Å². The quantitative estimate of drug-likeness (QED) is 0.870. The highest BCUT2D eigenvalue weighted by Gasteiger charge is 2.52. The normalized spacial score (nSPS) is 22.5. The fraction of sp³-hybridized carbons (Fsp3) is 0.579. The summed E-state index contributed by atoms with van der Waals surface area (Å²) in [6, 6.07) is 5.88. The van der Waals surface area contributed by atoms with Gasteiger partial charge in [0.2, 0.25) is 0 Å². The minimum absolute atomic E-state index is 0.124. The Balaban J connectivity index is 1.98. The van der Waals surface area contributed by atoms with Gasteiger partial charge < -0.3 is 10.0 Å². The molecule has 1 aromatic carbocycles. The summed E-state index contributed by atoms with van der Waals surface area (Å²) in [5, 5.41) is 21.5. The van der Waals surface area contributed by atoms with Crippen LogP contribution in [-0.4, -0.2) is 44.7 Å². The van der Waals surface area contributed by atoms with Gasteiger partial charge in [0.1, 0.15) is 6.04 Å². The Morgan fingerprint density at radius 3 is 2.36 bits per heavy atom. The molecule has 1 amide bonds. The number of Topliss-reactive ketones (excluding diaryl/α,β-unsaturated/α-hetero) is 1. The summed E-state index contributed by atoms with van der Waals surface area (Å²) in [7, 11) is 0. The monoisotopic (exact) mass is 346 g/mol. The van der Waals surface area contributed by atoms with Crippen molar-refractivity contribution < 1.29 is 19.9 Å². The number of carboxylic acid groups (broad SMARTS) is 1. The van der Waals surface area contributed by atoms with Gasteiger partial charge in [-0.1, -0.05) is 12.1 Å². The minimum atomic E-state index is -1.00. The fourth-order valence-electron chi connectivity index (χ4n) is 4.28. The number of benzene rings is 1. The highest BCUT2D eigenvalue weighted by molar-refractivity contribution is 6.10. The molecule has 1 fully saturated rings. The summed E-state index contributed by atoms with van der Waals surface area (Å²) >= 11 is 0. The summed E-state index contributed by atoms with van der Waals surface area (Å²) in [6.45, 7) is 7.41. The number of hydroxylamine groups is 1. The van der Waals surface area contributed by atoms with Crippen molar-refractivity contribution in [2.45, 2.75) is 58.2 Å². The number of carbonyl (C=O) groups excluding carboxylic acids is 1. The Bertz CT molecular complexity index is 693. The standard InChI is InChI=1S/C19H26N2O4/c1-11(20(18(23)24)19(2,3)4)15(12-9-10-12)16-17(22)13-7-5-6-8-14(13)21(16)25/h5-8,11-12,15-16,25H,9-10H2,1-4H3,(H,23,24)/t11-,15+,16?/m0/s1. The molecule has 0 radical (unpaired) electrons. The molecule has 0 bridgehead atoms. The maximum Gasteiger partial charge on any atom is 0.407 e. The average Bonchev–Trinajstić information content (AvgIpc) is 3.30. The van der Waals surface area contributed by atoms with Crippen LogP contribution in [0.1, 0.15) is 50.9 Å². The Labute approximate surface area is 148 Å². The van der Waals surface area contributed by atoms with E-state index in [-0.39, 0.29) is 23.7 Å². The van der Waals surface area contributed by atoms with Gasteiger partial charge in [0, 0.05) is 23.1 Å². The lowest BCUT2D eigenvalue weighted by Gasteiger charge is -2.43. The summed E-state index contributed by atoms with van der Waals surface area (Å²) in [5.41, 5.74) is 0.422. The zero-order chi connectivity index (χ0) is 18.5. The predicted molar refractivity (Wildman–Crippen MR) is 94.1 cm³/mol. The number of anilines is 1. The van der Waals surface area contributed by atoms with Crippen molar-refractivity contribution in [3.05, 3.63) is 29.8 Å². The van der Waals surface area contributed by atoms with Crippen molar-refractivity contribution in [2.75, 3.05) is 5.06 Å². The highest BCUT2D eigenvalue weighted by atomic mass is 16.5. The Morgan fingerprint density at radius 2 is 1.88 bits per heavy atom. The molecule has 3 atom stereocenters. The SMILES string of the molecule is C[C@@H]([C@H](C1CC1)C1C(=O)c2ccccc2N1O)N(C(=O)O)C(C)(C)C. The van der Waals surface area contributed by atoms with E-state index in [1.54, 1.807) is 24.3 Å². The van der Waals surface area contributed by atoms with Crippen LogP contribution in [0.25, 0.3) is 0 Å². The molecule has 136 valence electrons. The highest BCUT2D eigenvalue weighted by Crippen LogP contribution is 2.47. The Kier molecular flexibility index (Phi) is 4.27. The largest absolute Gasteiger partial charge is 0.465 e. The summed E-state index contributed by atoms with van der Waals surface area (Å²) in [6.07, 6.45) is 0.916. The summed E-state index contributed by atoms with van der Waals surface area (Å²) in [4.78, 5) is 26.3. The first kappa shape index (κ1) is 17.7. The molecule has 1 aliphatic carbocycles. The summed E-state index contributed by atoms with van der Waals surface area (Å²) < 4.78 is 0. The first-order chi connectivity index (χ1) is 11.6. The fourth-order valence-corrected chi connectivity index (χ4v) is 4.28. The second kappa shape index (κ2) is 6.02. The van der Waals surface area contributed by atoms with E-state index in [2.05, 4.69) is 0 Å². The van der Waals surface area contributed by atoms with Gasteiger partial charge in [-0.2, -0.15) is 0 Å². The van der Waals surface area contributed by atoms with Gasteiger partial charge in [0.25, 0.3) is 0 Å². The number of nitrogens with zero attached hydrogens (tertiary/aromatic N) is 2. The van der Waals surface area contributed by atoms with E-state index >= 15 is 0 Å². The van der Waals surface area contributed by atoms with E-state index in [9.17, 15) is 19.9 Å². The Morgan fingerprint density at radius 1 is 1.28 bits per heavy atom. The predicted octanol–water partition coefficient (Wildman–Crippen LogP) is 3.64. The van der Waals surface area contributed by atoms with Crippen molar-refractivity contribution in [1.82, 2.24) is 4.90 Å². The molecule has 0 spiro atoms. The minimum Gasteiger partial charge on any atom is -0.465 e. The van der Waals surface area contributed by atoms with Crippen LogP contribution in [0.4, 0.5) is 10.5 Å². The van der Waals surface area contributed by atoms with E-state index in [0.29, 0.717) is 11.3 Å². The maximum absolute atomic E-state index is 13.0. The molecule has 6 nitrogen and oxygen atoms in total. The van der Waals surface area contributed by atoms with E-state index < -0.39 is 17.7 Å². The van der Waals surface area contributed by atoms with Crippen molar-refractivity contribution in [2.24, 2.45) is 11.8 Å². The molecule has 25 heavy (non-hydrogen) atoms. The van der Waals surface area contributed by atoms with Gasteiger partial charge in [-0.25, -0.2) is 9.86 Å². The second-order valence-electron chi connectivity index (χ2n) is 8.15. The third kappa shape index (κ3) is 2.99. The van der Waals surface area contributed by atoms with E-state index in [1.165, 1.54) is 4.90 Å². The van der Waals surface area contributed by atoms with E-state index in [1.807, 2.05) is 27.7 Å². The third-order valence-corrected chi connectivity index (χ3v) is 5.37. The molecule has 3 rings (SSSR count). The molecule has 2 aliphatic rings.